The number of nitrogens with one attached hydrogen (secondary N) is 1. The average Bonchev–Trinajstić information content (AvgIpc) is 2.85. The largest absolute Gasteiger partial charge is 0.444 e. The molecule has 1 aromatic carbocycles. The van der Waals surface area contributed by atoms with Crippen LogP contribution in [0.2, 0.25) is 0 Å². The van der Waals surface area contributed by atoms with Gasteiger partial charge >= 0.3 is 6.09 Å². The van der Waals surface area contributed by atoms with Crippen molar-refractivity contribution < 1.29 is 9.53 Å². The summed E-state index contributed by atoms with van der Waals surface area (Å²) >= 11 is 1.41. The molecule has 0 unspecified atom stereocenters. The van der Waals surface area contributed by atoms with Crippen LogP contribution in [0.25, 0.3) is 10.6 Å². The zero-order valence-electron chi connectivity index (χ0n) is 12.0. The summed E-state index contributed by atoms with van der Waals surface area (Å²) in [6.07, 6.45) is -0.529. The molecule has 1 N–H and O–H groups in total. The molecule has 0 radical (unpaired) electrons. The van der Waals surface area contributed by atoms with Gasteiger partial charge in [-0.2, -0.15) is 5.26 Å². The molecule has 5 nitrogen and oxygen atoms in total. The van der Waals surface area contributed by atoms with E-state index in [0.29, 0.717) is 11.4 Å². The van der Waals surface area contributed by atoms with Crippen LogP contribution in [0.5, 0.6) is 0 Å². The van der Waals surface area contributed by atoms with Crippen molar-refractivity contribution in [2.45, 2.75) is 26.4 Å². The molecule has 1 aromatic heterocycles. The first kappa shape index (κ1) is 15.0. The summed E-state index contributed by atoms with van der Waals surface area (Å²) in [6, 6.07) is 9.19. The van der Waals surface area contributed by atoms with Gasteiger partial charge < -0.3 is 4.74 Å². The first-order chi connectivity index (χ1) is 9.87. The van der Waals surface area contributed by atoms with E-state index in [4.69, 9.17) is 10.00 Å². The van der Waals surface area contributed by atoms with Crippen LogP contribution in [0.4, 0.5) is 10.6 Å². The van der Waals surface area contributed by atoms with E-state index in [0.717, 1.165) is 10.6 Å². The zero-order chi connectivity index (χ0) is 15.5. The molecule has 0 aliphatic carbocycles. The molecule has 1 amide bonds. The summed E-state index contributed by atoms with van der Waals surface area (Å²) < 4.78 is 5.17. The molecule has 1 heterocycles. The number of hydrogen-bond donors (Lipinski definition) is 1. The molecule has 6 heteroatoms. The van der Waals surface area contributed by atoms with E-state index in [1.807, 2.05) is 12.1 Å². The van der Waals surface area contributed by atoms with Gasteiger partial charge in [0.1, 0.15) is 16.4 Å². The van der Waals surface area contributed by atoms with Crippen molar-refractivity contribution in [2.24, 2.45) is 0 Å². The van der Waals surface area contributed by atoms with Gasteiger partial charge in [-0.15, -0.1) is 11.3 Å². The Morgan fingerprint density at radius 2 is 2.00 bits per heavy atom. The third-order valence-electron chi connectivity index (χ3n) is 2.39. The number of nitriles is 1. The molecule has 0 bridgehead atoms. The quantitative estimate of drug-likeness (QED) is 0.908. The number of thiazole rings is 1. The number of anilines is 1. The van der Waals surface area contributed by atoms with Crippen LogP contribution in [0.15, 0.2) is 29.6 Å². The number of benzene rings is 1. The molecule has 21 heavy (non-hydrogen) atoms. The lowest BCUT2D eigenvalue weighted by molar-refractivity contribution is 0.0635. The lowest BCUT2D eigenvalue weighted by atomic mass is 10.1. The summed E-state index contributed by atoms with van der Waals surface area (Å²) in [7, 11) is 0. The highest BCUT2D eigenvalue weighted by Crippen LogP contribution is 2.26. The molecule has 2 aromatic rings. The minimum Gasteiger partial charge on any atom is -0.444 e. The van der Waals surface area contributed by atoms with Gasteiger partial charge in [0.2, 0.25) is 0 Å². The second-order valence-electron chi connectivity index (χ2n) is 5.35. The number of carbonyl (C=O) groups excluding carboxylic acids is 1. The lowest BCUT2D eigenvalue weighted by Gasteiger charge is -2.19. The summed E-state index contributed by atoms with van der Waals surface area (Å²) in [4.78, 5) is 16.0. The zero-order valence-corrected chi connectivity index (χ0v) is 12.8. The predicted molar refractivity (Wildman–Crippen MR) is 82.1 cm³/mol. The molecule has 2 rings (SSSR count). The van der Waals surface area contributed by atoms with Crippen LogP contribution in [0.1, 0.15) is 26.3 Å². The van der Waals surface area contributed by atoms with Crippen molar-refractivity contribution in [3.05, 3.63) is 35.2 Å². The SMILES string of the molecule is CC(C)(C)OC(=O)Nc1csc(-c2ccc(C#N)cc2)n1. The second-order valence-corrected chi connectivity index (χ2v) is 6.21. The fraction of sp³-hybridized carbons (Fsp3) is 0.267. The van der Waals surface area contributed by atoms with E-state index in [2.05, 4.69) is 16.4 Å². The monoisotopic (exact) mass is 301 g/mol. The third kappa shape index (κ3) is 4.29. The molecule has 0 fully saturated rings. The maximum Gasteiger partial charge on any atom is 0.413 e. The molecule has 0 spiro atoms. The van der Waals surface area contributed by atoms with Crippen LogP contribution in [-0.4, -0.2) is 16.7 Å². The summed E-state index contributed by atoms with van der Waals surface area (Å²) in [6.45, 7) is 5.40. The fourth-order valence-corrected chi connectivity index (χ4v) is 2.32. The van der Waals surface area contributed by atoms with Gasteiger partial charge in [0.15, 0.2) is 0 Å². The molecule has 0 saturated carbocycles. The minimum atomic E-state index is -0.546. The van der Waals surface area contributed by atoms with Crippen LogP contribution in [0.3, 0.4) is 0 Å². The van der Waals surface area contributed by atoms with Gasteiger partial charge in [0.25, 0.3) is 0 Å². The average molecular weight is 301 g/mol. The molecule has 108 valence electrons. The van der Waals surface area contributed by atoms with E-state index < -0.39 is 11.7 Å². The van der Waals surface area contributed by atoms with E-state index in [-0.39, 0.29) is 0 Å². The van der Waals surface area contributed by atoms with Crippen LogP contribution < -0.4 is 5.32 Å². The summed E-state index contributed by atoms with van der Waals surface area (Å²) in [5.41, 5.74) is 0.953. The Bertz CT molecular complexity index is 678. The molecular formula is C15H15N3O2S. The predicted octanol–water partition coefficient (Wildman–Crippen LogP) is 4.03. The Labute approximate surface area is 127 Å². The normalized spacial score (nSPS) is 10.8. The number of rotatable bonds is 2. The van der Waals surface area contributed by atoms with E-state index in [1.165, 1.54) is 11.3 Å². The summed E-state index contributed by atoms with van der Waals surface area (Å²) in [5, 5.41) is 13.9. The number of amides is 1. The van der Waals surface area contributed by atoms with Crippen molar-refractivity contribution in [2.75, 3.05) is 5.32 Å². The first-order valence-corrected chi connectivity index (χ1v) is 7.21. The van der Waals surface area contributed by atoms with Crippen molar-refractivity contribution in [3.8, 4) is 16.6 Å². The first-order valence-electron chi connectivity index (χ1n) is 6.33. The Morgan fingerprint density at radius 3 is 2.57 bits per heavy atom. The molecular weight excluding hydrogens is 286 g/mol. The standard InChI is InChI=1S/C15H15N3O2S/c1-15(2,3)20-14(19)18-12-9-21-13(17-12)11-6-4-10(8-16)5-7-11/h4-7,9H,1-3H3,(H,18,19). The van der Waals surface area contributed by atoms with Gasteiger partial charge in [-0.25, -0.2) is 9.78 Å². The van der Waals surface area contributed by atoms with Gasteiger partial charge in [-0.3, -0.25) is 5.32 Å². The highest BCUT2D eigenvalue weighted by Gasteiger charge is 2.17. The van der Waals surface area contributed by atoms with Crippen molar-refractivity contribution in [1.29, 1.82) is 5.26 Å². The maximum absolute atomic E-state index is 11.7. The molecule has 0 atom stereocenters. The van der Waals surface area contributed by atoms with Gasteiger partial charge in [0, 0.05) is 10.9 Å². The fourth-order valence-electron chi connectivity index (χ4n) is 1.56. The number of nitrogens with zero attached hydrogens (tertiary/aromatic N) is 2. The van der Waals surface area contributed by atoms with E-state index in [1.54, 1.807) is 38.3 Å². The van der Waals surface area contributed by atoms with Crippen molar-refractivity contribution in [1.82, 2.24) is 4.98 Å². The third-order valence-corrected chi connectivity index (χ3v) is 3.29. The lowest BCUT2D eigenvalue weighted by Crippen LogP contribution is -2.27. The van der Waals surface area contributed by atoms with Gasteiger partial charge in [-0.1, -0.05) is 12.1 Å². The van der Waals surface area contributed by atoms with Crippen molar-refractivity contribution in [3.63, 3.8) is 0 Å². The highest BCUT2D eigenvalue weighted by molar-refractivity contribution is 7.13. The Morgan fingerprint density at radius 1 is 1.33 bits per heavy atom. The van der Waals surface area contributed by atoms with Gasteiger partial charge in [0.05, 0.1) is 11.6 Å². The smallest absolute Gasteiger partial charge is 0.413 e. The minimum absolute atomic E-state index is 0.452. The topological polar surface area (TPSA) is 75.0 Å². The second kappa shape index (κ2) is 5.94. The molecule has 0 aliphatic heterocycles. The van der Waals surface area contributed by atoms with Crippen molar-refractivity contribution >= 4 is 23.2 Å². The van der Waals surface area contributed by atoms with Crippen LogP contribution >= 0.6 is 11.3 Å². The maximum atomic E-state index is 11.7. The van der Waals surface area contributed by atoms with E-state index >= 15 is 0 Å². The van der Waals surface area contributed by atoms with Crippen LogP contribution in [0, 0.1) is 11.3 Å². The Hall–Kier alpha value is -2.39. The number of ether oxygens (including phenoxy) is 1. The van der Waals surface area contributed by atoms with E-state index in [9.17, 15) is 4.79 Å². The number of hydrogen-bond acceptors (Lipinski definition) is 5. The summed E-state index contributed by atoms with van der Waals surface area (Å²) in [5.74, 6) is 0.452. The Kier molecular flexibility index (Phi) is 4.24. The molecule has 0 aliphatic rings. The van der Waals surface area contributed by atoms with Gasteiger partial charge in [-0.05, 0) is 32.9 Å². The molecule has 0 saturated heterocycles. The van der Waals surface area contributed by atoms with Crippen LogP contribution in [-0.2, 0) is 4.74 Å². The Balaban J connectivity index is 2.07. The number of carbonyl (C=O) groups is 1. The highest BCUT2D eigenvalue weighted by atomic mass is 32.1. The number of aromatic nitrogens is 1.